The van der Waals surface area contributed by atoms with Crippen molar-refractivity contribution in [3.63, 3.8) is 0 Å². The summed E-state index contributed by atoms with van der Waals surface area (Å²) in [5.41, 5.74) is 15.8. The van der Waals surface area contributed by atoms with Crippen LogP contribution < -0.4 is 27.8 Å². The molecule has 9 N–H and O–H groups in total. The first-order valence-corrected chi connectivity index (χ1v) is 9.90. The van der Waals surface area contributed by atoms with Gasteiger partial charge in [-0.25, -0.2) is 4.79 Å². The molecule has 1 aliphatic rings. The molecule has 5 amide bonds. The molecule has 0 radical (unpaired) electrons. The Labute approximate surface area is 179 Å². The van der Waals surface area contributed by atoms with E-state index in [1.165, 1.54) is 11.8 Å². The van der Waals surface area contributed by atoms with Crippen LogP contribution in [0.25, 0.3) is 0 Å². The number of primary amides is 2. The number of hydrogen-bond acceptors (Lipinski definition) is 7. The number of amides is 5. The fourth-order valence-corrected chi connectivity index (χ4v) is 3.20. The third kappa shape index (κ3) is 8.20. The molecule has 1 fully saturated rings. The van der Waals surface area contributed by atoms with E-state index in [0.717, 1.165) is 0 Å². The first-order chi connectivity index (χ1) is 14.4. The first-order valence-electron chi connectivity index (χ1n) is 9.90. The summed E-state index contributed by atoms with van der Waals surface area (Å²) in [5, 5.41) is 14.0. The van der Waals surface area contributed by atoms with E-state index in [4.69, 9.17) is 17.2 Å². The minimum absolute atomic E-state index is 0.178. The lowest BCUT2D eigenvalue weighted by molar-refractivity contribution is -0.143. The van der Waals surface area contributed by atoms with E-state index in [1.54, 1.807) is 0 Å². The molecule has 31 heavy (non-hydrogen) atoms. The van der Waals surface area contributed by atoms with Gasteiger partial charge in [0.25, 0.3) is 0 Å². The van der Waals surface area contributed by atoms with Gasteiger partial charge in [-0.15, -0.1) is 0 Å². The zero-order chi connectivity index (χ0) is 23.7. The number of nitrogens with zero attached hydrogens (tertiary/aromatic N) is 1. The Morgan fingerprint density at radius 2 is 1.55 bits per heavy atom. The molecule has 4 unspecified atom stereocenters. The molecule has 13 heteroatoms. The number of carbonyl (C=O) groups is 6. The Balaban J connectivity index is 2.91. The summed E-state index contributed by atoms with van der Waals surface area (Å²) < 4.78 is 0. The summed E-state index contributed by atoms with van der Waals surface area (Å²) in [7, 11) is 0. The van der Waals surface area contributed by atoms with Crippen LogP contribution >= 0.6 is 0 Å². The lowest BCUT2D eigenvalue weighted by Gasteiger charge is -2.28. The quantitative estimate of drug-likeness (QED) is 0.181. The van der Waals surface area contributed by atoms with Crippen LogP contribution in [0.2, 0.25) is 0 Å². The number of carboxylic acids is 1. The molecule has 0 aromatic rings. The van der Waals surface area contributed by atoms with Crippen LogP contribution in [-0.2, 0) is 28.8 Å². The van der Waals surface area contributed by atoms with Gasteiger partial charge >= 0.3 is 5.97 Å². The van der Waals surface area contributed by atoms with E-state index in [2.05, 4.69) is 10.6 Å². The predicted octanol–water partition coefficient (Wildman–Crippen LogP) is -3.09. The number of aliphatic carboxylic acids is 1. The lowest BCUT2D eigenvalue weighted by Crippen LogP contribution is -2.56. The molecule has 0 aromatic heterocycles. The summed E-state index contributed by atoms with van der Waals surface area (Å²) in [5.74, 6) is -4.74. The second-order valence-corrected chi connectivity index (χ2v) is 7.45. The monoisotopic (exact) mass is 442 g/mol. The lowest BCUT2D eigenvalue weighted by atomic mass is 10.1. The van der Waals surface area contributed by atoms with E-state index in [9.17, 15) is 33.9 Å². The van der Waals surface area contributed by atoms with Crippen molar-refractivity contribution in [1.82, 2.24) is 15.5 Å². The van der Waals surface area contributed by atoms with Gasteiger partial charge in [0.15, 0.2) is 0 Å². The highest BCUT2D eigenvalue weighted by atomic mass is 16.4. The van der Waals surface area contributed by atoms with Gasteiger partial charge in [0, 0.05) is 19.4 Å². The Bertz CT molecular complexity index is 726. The summed E-state index contributed by atoms with van der Waals surface area (Å²) in [6.45, 7) is 1.83. The van der Waals surface area contributed by atoms with Crippen LogP contribution in [-0.4, -0.2) is 76.2 Å². The van der Waals surface area contributed by atoms with Crippen LogP contribution in [0.1, 0.15) is 45.4 Å². The van der Waals surface area contributed by atoms with E-state index in [0.29, 0.717) is 19.4 Å². The maximum absolute atomic E-state index is 12.8. The maximum Gasteiger partial charge on any atom is 0.326 e. The molecule has 174 valence electrons. The molecule has 0 bridgehead atoms. The van der Waals surface area contributed by atoms with E-state index >= 15 is 0 Å². The van der Waals surface area contributed by atoms with Gasteiger partial charge in [0.2, 0.25) is 29.5 Å². The number of hydrogen-bond donors (Lipinski definition) is 6. The topological polar surface area (TPSA) is 228 Å². The number of nitrogens with two attached hydrogens (primary N) is 3. The van der Waals surface area contributed by atoms with E-state index in [-0.39, 0.29) is 25.7 Å². The van der Waals surface area contributed by atoms with Crippen molar-refractivity contribution in [2.45, 2.75) is 69.6 Å². The van der Waals surface area contributed by atoms with Gasteiger partial charge in [-0.2, -0.15) is 0 Å². The van der Waals surface area contributed by atoms with E-state index < -0.39 is 59.7 Å². The van der Waals surface area contributed by atoms with Crippen molar-refractivity contribution < 1.29 is 33.9 Å². The molecule has 4 atom stereocenters. The van der Waals surface area contributed by atoms with Gasteiger partial charge < -0.3 is 37.8 Å². The van der Waals surface area contributed by atoms with Crippen LogP contribution in [0.3, 0.4) is 0 Å². The molecule has 0 aromatic carbocycles. The first kappa shape index (κ1) is 25.8. The van der Waals surface area contributed by atoms with Crippen molar-refractivity contribution in [2.75, 3.05) is 6.54 Å². The van der Waals surface area contributed by atoms with Crippen molar-refractivity contribution in [3.8, 4) is 0 Å². The average molecular weight is 442 g/mol. The number of carboxylic acid groups (broad SMARTS) is 1. The maximum atomic E-state index is 12.8. The van der Waals surface area contributed by atoms with Crippen molar-refractivity contribution in [3.05, 3.63) is 0 Å². The molecule has 0 spiro atoms. The zero-order valence-electron chi connectivity index (χ0n) is 17.3. The van der Waals surface area contributed by atoms with Gasteiger partial charge in [-0.1, -0.05) is 0 Å². The standard InChI is InChI=1S/C18H30N6O7/c1-9(19)17(29)24-8-2-3-12(24)16(28)22-10(4-6-13(20)25)15(27)23-11(18(30)31)5-7-14(21)26/h9-12H,2-8,19H2,1H3,(H2,20,25)(H2,21,26)(H,22,28)(H,23,27)(H,30,31). The fourth-order valence-electron chi connectivity index (χ4n) is 3.20. The summed E-state index contributed by atoms with van der Waals surface area (Å²) in [6, 6.07) is -4.34. The Hall–Kier alpha value is -3.22. The van der Waals surface area contributed by atoms with E-state index in [1.807, 2.05) is 0 Å². The summed E-state index contributed by atoms with van der Waals surface area (Å²) >= 11 is 0. The highest BCUT2D eigenvalue weighted by Crippen LogP contribution is 2.18. The highest BCUT2D eigenvalue weighted by Gasteiger charge is 2.37. The largest absolute Gasteiger partial charge is 0.480 e. The van der Waals surface area contributed by atoms with Crippen molar-refractivity contribution in [2.24, 2.45) is 17.2 Å². The summed E-state index contributed by atoms with van der Waals surface area (Å²) in [6.07, 6.45) is -0.000558. The Morgan fingerprint density at radius 3 is 2.03 bits per heavy atom. The molecule has 0 saturated carbocycles. The number of nitrogens with one attached hydrogen (secondary N) is 2. The van der Waals surface area contributed by atoms with Crippen LogP contribution in [0, 0.1) is 0 Å². The number of likely N-dealkylation sites (tertiary alicyclic amines) is 1. The normalized spacial score (nSPS) is 18.5. The molecule has 1 saturated heterocycles. The third-order valence-corrected chi connectivity index (χ3v) is 4.83. The minimum Gasteiger partial charge on any atom is -0.480 e. The van der Waals surface area contributed by atoms with Crippen LogP contribution in [0.5, 0.6) is 0 Å². The fraction of sp³-hybridized carbons (Fsp3) is 0.667. The smallest absolute Gasteiger partial charge is 0.326 e. The number of rotatable bonds is 12. The highest BCUT2D eigenvalue weighted by molar-refractivity contribution is 5.94. The van der Waals surface area contributed by atoms with Crippen molar-refractivity contribution in [1.29, 1.82) is 0 Å². The van der Waals surface area contributed by atoms with Gasteiger partial charge in [-0.3, -0.25) is 24.0 Å². The second kappa shape index (κ2) is 11.8. The molecule has 1 rings (SSSR count). The number of carbonyl (C=O) groups excluding carboxylic acids is 5. The predicted molar refractivity (Wildman–Crippen MR) is 107 cm³/mol. The molecular formula is C18H30N6O7. The third-order valence-electron chi connectivity index (χ3n) is 4.83. The summed E-state index contributed by atoms with van der Waals surface area (Å²) in [4.78, 5) is 72.4. The molecule has 0 aliphatic carbocycles. The minimum atomic E-state index is -1.42. The van der Waals surface area contributed by atoms with Crippen molar-refractivity contribution >= 4 is 35.5 Å². The van der Waals surface area contributed by atoms with Gasteiger partial charge in [0.1, 0.15) is 18.1 Å². The molecule has 13 nitrogen and oxygen atoms in total. The van der Waals surface area contributed by atoms with Crippen LogP contribution in [0.15, 0.2) is 0 Å². The van der Waals surface area contributed by atoms with Gasteiger partial charge in [0.05, 0.1) is 6.04 Å². The average Bonchev–Trinajstić information content (AvgIpc) is 3.16. The zero-order valence-corrected chi connectivity index (χ0v) is 17.3. The Morgan fingerprint density at radius 1 is 1.00 bits per heavy atom. The van der Waals surface area contributed by atoms with Crippen LogP contribution in [0.4, 0.5) is 0 Å². The van der Waals surface area contributed by atoms with Gasteiger partial charge in [-0.05, 0) is 32.6 Å². The Kier molecular flexibility index (Phi) is 9.86. The molecule has 1 heterocycles. The second-order valence-electron chi connectivity index (χ2n) is 7.45. The molecule has 1 aliphatic heterocycles. The SMILES string of the molecule is CC(N)C(=O)N1CCCC1C(=O)NC(CCC(N)=O)C(=O)NC(CCC(N)=O)C(=O)O. The molecular weight excluding hydrogens is 412 g/mol.